The summed E-state index contributed by atoms with van der Waals surface area (Å²) in [7, 11) is -2.99. The molecule has 0 aromatic carbocycles. The van der Waals surface area contributed by atoms with Crippen LogP contribution in [0.4, 0.5) is 0 Å². The average Bonchev–Trinajstić information content (AvgIpc) is 2.24. The van der Waals surface area contributed by atoms with Gasteiger partial charge >= 0.3 is 5.97 Å². The highest BCUT2D eigenvalue weighted by atomic mass is 32.2. The van der Waals surface area contributed by atoms with Gasteiger partial charge in [0.05, 0.1) is 16.9 Å². The van der Waals surface area contributed by atoms with Crippen molar-refractivity contribution in [1.82, 2.24) is 0 Å². The molecule has 0 bridgehead atoms. The molecule has 1 rings (SSSR count). The van der Waals surface area contributed by atoms with Crippen molar-refractivity contribution in [3.63, 3.8) is 0 Å². The van der Waals surface area contributed by atoms with Crippen LogP contribution in [-0.4, -0.2) is 31.5 Å². The van der Waals surface area contributed by atoms with Gasteiger partial charge in [-0.1, -0.05) is 20.8 Å². The highest BCUT2D eigenvalue weighted by molar-refractivity contribution is 7.91. The second-order valence-corrected chi connectivity index (χ2v) is 10.8. The van der Waals surface area contributed by atoms with Crippen LogP contribution in [0.2, 0.25) is 0 Å². The lowest BCUT2D eigenvalue weighted by Crippen LogP contribution is -2.44. The first-order chi connectivity index (χ1) is 9.25. The predicted molar refractivity (Wildman–Crippen MR) is 84.9 cm³/mol. The molecule has 124 valence electrons. The first-order valence-corrected chi connectivity index (χ1v) is 9.51. The maximum absolute atomic E-state index is 12.6. The zero-order chi connectivity index (χ0) is 16.5. The van der Waals surface area contributed by atoms with Gasteiger partial charge in [-0.25, -0.2) is 8.42 Å². The Labute approximate surface area is 129 Å². The molecule has 0 spiro atoms. The van der Waals surface area contributed by atoms with Gasteiger partial charge in [0, 0.05) is 0 Å². The predicted octanol–water partition coefficient (Wildman–Crippen LogP) is 3.35. The molecule has 0 radical (unpaired) electrons. The summed E-state index contributed by atoms with van der Waals surface area (Å²) >= 11 is 0. The Morgan fingerprint density at radius 2 is 1.52 bits per heavy atom. The minimum atomic E-state index is -2.99. The molecule has 1 saturated heterocycles. The maximum atomic E-state index is 12.6. The van der Waals surface area contributed by atoms with Gasteiger partial charge in [-0.3, -0.25) is 4.79 Å². The zero-order valence-electron chi connectivity index (χ0n) is 14.3. The van der Waals surface area contributed by atoms with E-state index in [-0.39, 0.29) is 22.9 Å². The Kier molecular flexibility index (Phi) is 5.19. The Hall–Kier alpha value is -0.580. The van der Waals surface area contributed by atoms with Crippen molar-refractivity contribution in [2.75, 3.05) is 11.5 Å². The van der Waals surface area contributed by atoms with E-state index >= 15 is 0 Å². The SMILES string of the molecule is CC(C)(C)CCC1(C(=O)OC(C)(C)C)CCS(=O)(=O)CC1. The molecule has 4 nitrogen and oxygen atoms in total. The second-order valence-electron chi connectivity index (χ2n) is 8.49. The minimum absolute atomic E-state index is 0.0936. The number of rotatable bonds is 3. The molecular formula is C16H30O4S. The lowest BCUT2D eigenvalue weighted by molar-refractivity contribution is -0.169. The molecule has 0 aromatic heterocycles. The van der Waals surface area contributed by atoms with E-state index < -0.39 is 20.9 Å². The van der Waals surface area contributed by atoms with Crippen LogP contribution >= 0.6 is 0 Å². The van der Waals surface area contributed by atoms with Gasteiger partial charge in [0.1, 0.15) is 15.4 Å². The van der Waals surface area contributed by atoms with Crippen LogP contribution in [0.25, 0.3) is 0 Å². The Balaban J connectivity index is 2.92. The molecule has 0 unspecified atom stereocenters. The molecule has 0 saturated carbocycles. The molecule has 0 atom stereocenters. The molecule has 0 N–H and O–H groups in total. The summed E-state index contributed by atoms with van der Waals surface area (Å²) in [5.41, 5.74) is -1.06. The average molecular weight is 318 g/mol. The van der Waals surface area contributed by atoms with Crippen molar-refractivity contribution in [1.29, 1.82) is 0 Å². The number of hydrogen-bond acceptors (Lipinski definition) is 4. The highest BCUT2D eigenvalue weighted by Gasteiger charge is 2.45. The van der Waals surface area contributed by atoms with Crippen molar-refractivity contribution in [2.24, 2.45) is 10.8 Å². The third-order valence-corrected chi connectivity index (χ3v) is 5.62. The van der Waals surface area contributed by atoms with E-state index in [1.165, 1.54) is 0 Å². The van der Waals surface area contributed by atoms with Crippen LogP contribution in [0.5, 0.6) is 0 Å². The number of esters is 1. The number of hydrogen-bond donors (Lipinski definition) is 0. The normalized spacial score (nSPS) is 21.8. The summed E-state index contributed by atoms with van der Waals surface area (Å²) < 4.78 is 29.0. The molecule has 1 fully saturated rings. The summed E-state index contributed by atoms with van der Waals surface area (Å²) in [5.74, 6) is -0.0404. The van der Waals surface area contributed by atoms with E-state index in [1.54, 1.807) is 0 Å². The summed E-state index contributed by atoms with van der Waals surface area (Å²) in [5, 5.41) is 0. The summed E-state index contributed by atoms with van der Waals surface area (Å²) in [6.45, 7) is 12.0. The molecular weight excluding hydrogens is 288 g/mol. The van der Waals surface area contributed by atoms with E-state index in [9.17, 15) is 13.2 Å². The lowest BCUT2D eigenvalue weighted by atomic mass is 9.73. The fraction of sp³-hybridized carbons (Fsp3) is 0.938. The standard InChI is InChI=1S/C16H30O4S/c1-14(2,3)7-8-16(13(17)20-15(4,5)6)9-11-21(18,19)12-10-16/h7-12H2,1-6H3. The van der Waals surface area contributed by atoms with Crippen LogP contribution in [0.3, 0.4) is 0 Å². The fourth-order valence-electron chi connectivity index (χ4n) is 2.49. The van der Waals surface area contributed by atoms with E-state index in [0.717, 1.165) is 6.42 Å². The van der Waals surface area contributed by atoms with Crippen molar-refractivity contribution in [3.8, 4) is 0 Å². The Morgan fingerprint density at radius 1 is 1.05 bits per heavy atom. The fourth-order valence-corrected chi connectivity index (χ4v) is 4.09. The van der Waals surface area contributed by atoms with Crippen LogP contribution in [0.1, 0.15) is 67.2 Å². The van der Waals surface area contributed by atoms with Crippen molar-refractivity contribution in [2.45, 2.75) is 72.8 Å². The zero-order valence-corrected chi connectivity index (χ0v) is 15.1. The first-order valence-electron chi connectivity index (χ1n) is 7.69. The van der Waals surface area contributed by atoms with Gasteiger partial charge < -0.3 is 4.74 Å². The first kappa shape index (κ1) is 18.5. The molecule has 1 heterocycles. The lowest BCUT2D eigenvalue weighted by Gasteiger charge is -2.38. The van der Waals surface area contributed by atoms with Crippen molar-refractivity contribution in [3.05, 3.63) is 0 Å². The number of carbonyl (C=O) groups excluding carboxylic acids is 1. The minimum Gasteiger partial charge on any atom is -0.460 e. The van der Waals surface area contributed by atoms with Crippen LogP contribution in [0, 0.1) is 10.8 Å². The van der Waals surface area contributed by atoms with Gasteiger partial charge in [-0.05, 0) is 51.9 Å². The number of ether oxygens (including phenoxy) is 1. The van der Waals surface area contributed by atoms with Crippen LogP contribution in [-0.2, 0) is 19.4 Å². The monoisotopic (exact) mass is 318 g/mol. The van der Waals surface area contributed by atoms with Gasteiger partial charge in [-0.2, -0.15) is 0 Å². The molecule has 0 aromatic rings. The van der Waals surface area contributed by atoms with Gasteiger partial charge in [0.25, 0.3) is 0 Å². The summed E-state index contributed by atoms with van der Waals surface area (Å²) in [4.78, 5) is 12.6. The van der Waals surface area contributed by atoms with Crippen molar-refractivity contribution < 1.29 is 17.9 Å². The summed E-state index contributed by atoms with van der Waals surface area (Å²) in [6.07, 6.45) is 2.36. The maximum Gasteiger partial charge on any atom is 0.312 e. The van der Waals surface area contributed by atoms with E-state index in [0.29, 0.717) is 19.3 Å². The Bertz CT molecular complexity index is 463. The molecule has 1 aliphatic rings. The van der Waals surface area contributed by atoms with E-state index in [1.807, 2.05) is 20.8 Å². The molecule has 1 aliphatic heterocycles. The van der Waals surface area contributed by atoms with Gasteiger partial charge in [0.15, 0.2) is 0 Å². The van der Waals surface area contributed by atoms with Crippen molar-refractivity contribution >= 4 is 15.8 Å². The molecule has 5 heteroatoms. The topological polar surface area (TPSA) is 60.4 Å². The van der Waals surface area contributed by atoms with E-state index in [4.69, 9.17) is 4.74 Å². The highest BCUT2D eigenvalue weighted by Crippen LogP contribution is 2.42. The smallest absolute Gasteiger partial charge is 0.312 e. The van der Waals surface area contributed by atoms with Gasteiger partial charge in [-0.15, -0.1) is 0 Å². The second kappa shape index (κ2) is 5.90. The number of carbonyl (C=O) groups is 1. The van der Waals surface area contributed by atoms with Crippen LogP contribution in [0.15, 0.2) is 0 Å². The molecule has 0 aliphatic carbocycles. The van der Waals surface area contributed by atoms with Gasteiger partial charge in [0.2, 0.25) is 0 Å². The molecule has 21 heavy (non-hydrogen) atoms. The van der Waals surface area contributed by atoms with E-state index in [2.05, 4.69) is 20.8 Å². The Morgan fingerprint density at radius 3 is 1.90 bits per heavy atom. The third-order valence-electron chi connectivity index (χ3n) is 3.97. The third kappa shape index (κ3) is 5.97. The largest absolute Gasteiger partial charge is 0.460 e. The summed E-state index contributed by atoms with van der Waals surface area (Å²) in [6, 6.07) is 0. The van der Waals surface area contributed by atoms with Crippen LogP contribution < -0.4 is 0 Å². The number of sulfone groups is 1. The molecule has 0 amide bonds. The quantitative estimate of drug-likeness (QED) is 0.749.